The molecule has 3 fully saturated rings. The van der Waals surface area contributed by atoms with E-state index in [0.29, 0.717) is 29.9 Å². The molecule has 2 amide bonds. The number of piperazine rings is 1. The van der Waals surface area contributed by atoms with Gasteiger partial charge in [0.25, 0.3) is 0 Å². The summed E-state index contributed by atoms with van der Waals surface area (Å²) in [7, 11) is -3.79. The summed E-state index contributed by atoms with van der Waals surface area (Å²) in [4.78, 5) is 29.1. The van der Waals surface area contributed by atoms with Crippen molar-refractivity contribution in [3.63, 3.8) is 0 Å². The number of para-hydroxylation sites is 1. The second-order valence-electron chi connectivity index (χ2n) is 9.70. The lowest BCUT2D eigenvalue weighted by Gasteiger charge is -2.35. The summed E-state index contributed by atoms with van der Waals surface area (Å²) in [5.41, 5.74) is 1.71. The molecule has 3 aliphatic rings. The van der Waals surface area contributed by atoms with Crippen molar-refractivity contribution < 1.29 is 22.4 Å². The van der Waals surface area contributed by atoms with Crippen LogP contribution in [0, 0.1) is 24.6 Å². The summed E-state index contributed by atoms with van der Waals surface area (Å²) in [6.07, 6.45) is 3.42. The number of hydrogen-bond donors (Lipinski definition) is 0. The Labute approximate surface area is 205 Å². The molecular formula is C26H30FN3O4S. The van der Waals surface area contributed by atoms with Gasteiger partial charge in [-0.05, 0) is 49.1 Å². The molecule has 0 aromatic heterocycles. The van der Waals surface area contributed by atoms with Crippen LogP contribution in [0.2, 0.25) is 0 Å². The van der Waals surface area contributed by atoms with Crippen LogP contribution in [0.15, 0.2) is 47.4 Å². The minimum atomic E-state index is -3.79. The number of aryl methyl sites for hydroxylation is 1. The van der Waals surface area contributed by atoms with E-state index in [-0.39, 0.29) is 54.0 Å². The molecule has 7 nitrogen and oxygen atoms in total. The van der Waals surface area contributed by atoms with Crippen molar-refractivity contribution in [3.05, 3.63) is 59.4 Å². The fourth-order valence-electron chi connectivity index (χ4n) is 5.61. The van der Waals surface area contributed by atoms with Gasteiger partial charge < -0.3 is 4.90 Å². The van der Waals surface area contributed by atoms with Crippen LogP contribution in [0.25, 0.3) is 0 Å². The van der Waals surface area contributed by atoms with E-state index in [1.807, 2.05) is 4.90 Å². The van der Waals surface area contributed by atoms with Crippen LogP contribution < -0.4 is 4.90 Å². The smallest absolute Gasteiger partial charge is 0.243 e. The Hall–Kier alpha value is -2.78. The molecule has 1 aliphatic carbocycles. The minimum absolute atomic E-state index is 0.0918. The molecule has 2 aromatic carbocycles. The van der Waals surface area contributed by atoms with Gasteiger partial charge in [-0.15, -0.1) is 0 Å². The first-order chi connectivity index (χ1) is 16.8. The van der Waals surface area contributed by atoms with E-state index < -0.39 is 10.0 Å². The molecule has 2 aliphatic heterocycles. The molecule has 1 saturated carbocycles. The summed E-state index contributed by atoms with van der Waals surface area (Å²) in [5, 5.41) is 0. The fraction of sp³-hybridized carbons (Fsp3) is 0.462. The Morgan fingerprint density at radius 3 is 2.17 bits per heavy atom. The summed E-state index contributed by atoms with van der Waals surface area (Å²) < 4.78 is 42.6. The molecular weight excluding hydrogens is 469 g/mol. The largest absolute Gasteiger partial charge is 0.367 e. The first kappa shape index (κ1) is 23.9. The summed E-state index contributed by atoms with van der Waals surface area (Å²) in [5.74, 6) is -1.03. The van der Waals surface area contributed by atoms with Gasteiger partial charge in [-0.3, -0.25) is 14.5 Å². The maximum Gasteiger partial charge on any atom is 0.243 e. The molecule has 9 heteroatoms. The fourth-order valence-corrected chi connectivity index (χ4v) is 7.30. The van der Waals surface area contributed by atoms with Crippen molar-refractivity contribution >= 4 is 27.5 Å². The topological polar surface area (TPSA) is 78.0 Å². The lowest BCUT2D eigenvalue weighted by Crippen LogP contribution is -2.49. The lowest BCUT2D eigenvalue weighted by atomic mass is 9.81. The number of carbonyl (C=O) groups excluding carboxylic acids is 2. The Kier molecular flexibility index (Phi) is 6.40. The quantitative estimate of drug-likeness (QED) is 0.590. The SMILES string of the molecule is Cc1ccc(CN2C(=O)[C@H]3CCCC[C@H]3C2=O)cc1S(=O)(=O)N1CCN(c2ccccc2F)CC1. The molecule has 5 rings (SSSR count). The normalized spacial score (nSPS) is 23.6. The van der Waals surface area contributed by atoms with E-state index in [1.54, 1.807) is 43.3 Å². The lowest BCUT2D eigenvalue weighted by molar-refractivity contribution is -0.140. The summed E-state index contributed by atoms with van der Waals surface area (Å²) in [6.45, 7) is 3.10. The number of likely N-dealkylation sites (tertiary alicyclic amines) is 1. The molecule has 0 N–H and O–H groups in total. The number of anilines is 1. The number of imide groups is 1. The van der Waals surface area contributed by atoms with Crippen molar-refractivity contribution in [2.24, 2.45) is 11.8 Å². The molecule has 2 atom stereocenters. The van der Waals surface area contributed by atoms with Gasteiger partial charge in [-0.1, -0.05) is 37.1 Å². The van der Waals surface area contributed by atoms with Crippen LogP contribution in [0.1, 0.15) is 36.8 Å². The van der Waals surface area contributed by atoms with E-state index in [1.165, 1.54) is 15.3 Å². The van der Waals surface area contributed by atoms with Crippen molar-refractivity contribution in [3.8, 4) is 0 Å². The highest BCUT2D eigenvalue weighted by Gasteiger charge is 2.48. The Bertz CT molecular complexity index is 1230. The van der Waals surface area contributed by atoms with Gasteiger partial charge in [0.15, 0.2) is 0 Å². The molecule has 0 bridgehead atoms. The highest BCUT2D eigenvalue weighted by Crippen LogP contribution is 2.38. The van der Waals surface area contributed by atoms with Gasteiger partial charge in [0, 0.05) is 26.2 Å². The monoisotopic (exact) mass is 499 g/mol. The average molecular weight is 500 g/mol. The molecule has 0 spiro atoms. The minimum Gasteiger partial charge on any atom is -0.367 e. The van der Waals surface area contributed by atoms with Gasteiger partial charge in [0.2, 0.25) is 21.8 Å². The van der Waals surface area contributed by atoms with Crippen LogP contribution in [0.4, 0.5) is 10.1 Å². The highest BCUT2D eigenvalue weighted by atomic mass is 32.2. The van der Waals surface area contributed by atoms with Crippen LogP contribution in [0.5, 0.6) is 0 Å². The second-order valence-corrected chi connectivity index (χ2v) is 11.6. The maximum absolute atomic E-state index is 14.2. The predicted molar refractivity (Wildman–Crippen MR) is 130 cm³/mol. The third kappa shape index (κ3) is 4.36. The highest BCUT2D eigenvalue weighted by molar-refractivity contribution is 7.89. The Morgan fingerprint density at radius 2 is 1.54 bits per heavy atom. The molecule has 35 heavy (non-hydrogen) atoms. The molecule has 2 aromatic rings. The number of fused-ring (bicyclic) bond motifs is 1. The van der Waals surface area contributed by atoms with Crippen molar-refractivity contribution in [2.75, 3.05) is 31.1 Å². The maximum atomic E-state index is 14.2. The third-order valence-corrected chi connectivity index (χ3v) is 9.62. The van der Waals surface area contributed by atoms with Crippen molar-refractivity contribution in [1.82, 2.24) is 9.21 Å². The summed E-state index contributed by atoms with van der Waals surface area (Å²) >= 11 is 0. The van der Waals surface area contributed by atoms with Gasteiger partial charge in [-0.2, -0.15) is 4.31 Å². The Balaban J connectivity index is 1.32. The van der Waals surface area contributed by atoms with Crippen molar-refractivity contribution in [1.29, 1.82) is 0 Å². The first-order valence-electron chi connectivity index (χ1n) is 12.2. The van der Waals surface area contributed by atoms with Gasteiger partial charge >= 0.3 is 0 Å². The van der Waals surface area contributed by atoms with Crippen LogP contribution in [-0.4, -0.2) is 55.6 Å². The number of carbonyl (C=O) groups is 2. The zero-order valence-electron chi connectivity index (χ0n) is 19.8. The standard InChI is InChI=1S/C26H30FN3O4S/c1-18-10-11-19(17-30-25(31)20-6-2-3-7-21(20)26(30)32)16-24(18)35(33,34)29-14-12-28(13-15-29)23-9-5-4-8-22(23)27/h4-5,8-11,16,20-21H,2-3,6-7,12-15,17H2,1H3/t20-,21+. The second kappa shape index (κ2) is 9.35. The molecule has 2 saturated heterocycles. The van der Waals surface area contributed by atoms with Gasteiger partial charge in [0.1, 0.15) is 5.82 Å². The number of benzene rings is 2. The number of sulfonamides is 1. The zero-order chi connectivity index (χ0) is 24.7. The molecule has 2 heterocycles. The number of nitrogens with zero attached hydrogens (tertiary/aromatic N) is 3. The van der Waals surface area contributed by atoms with E-state index in [9.17, 15) is 22.4 Å². The number of rotatable bonds is 5. The molecule has 0 radical (unpaired) electrons. The average Bonchev–Trinajstić information content (AvgIpc) is 3.10. The predicted octanol–water partition coefficient (Wildman–Crippen LogP) is 3.32. The molecule has 0 unspecified atom stereocenters. The number of amides is 2. The zero-order valence-corrected chi connectivity index (χ0v) is 20.6. The Morgan fingerprint density at radius 1 is 0.914 bits per heavy atom. The van der Waals surface area contributed by atoms with Crippen LogP contribution in [-0.2, 0) is 26.2 Å². The number of hydrogen-bond acceptors (Lipinski definition) is 5. The van der Waals surface area contributed by atoms with E-state index in [2.05, 4.69) is 0 Å². The van der Waals surface area contributed by atoms with Gasteiger partial charge in [-0.25, -0.2) is 12.8 Å². The van der Waals surface area contributed by atoms with E-state index in [0.717, 1.165) is 25.7 Å². The van der Waals surface area contributed by atoms with Crippen molar-refractivity contribution in [2.45, 2.75) is 44.0 Å². The number of halogens is 1. The van der Waals surface area contributed by atoms with E-state index >= 15 is 0 Å². The van der Waals surface area contributed by atoms with Crippen LogP contribution >= 0.6 is 0 Å². The van der Waals surface area contributed by atoms with Crippen LogP contribution in [0.3, 0.4) is 0 Å². The van der Waals surface area contributed by atoms with E-state index in [4.69, 9.17) is 0 Å². The summed E-state index contributed by atoms with van der Waals surface area (Å²) in [6, 6.07) is 11.6. The third-order valence-electron chi connectivity index (χ3n) is 7.58. The van der Waals surface area contributed by atoms with Gasteiger partial charge in [0.05, 0.1) is 29.0 Å². The first-order valence-corrected chi connectivity index (χ1v) is 13.7. The molecule has 186 valence electrons.